The molecule has 0 amide bonds. The van der Waals surface area contributed by atoms with E-state index in [0.29, 0.717) is 0 Å². The predicted molar refractivity (Wildman–Crippen MR) is 98.4 cm³/mol. The van der Waals surface area contributed by atoms with Crippen molar-refractivity contribution in [1.29, 1.82) is 0 Å². The summed E-state index contributed by atoms with van der Waals surface area (Å²) >= 11 is 0. The number of hydrogen-bond acceptors (Lipinski definition) is 4. The van der Waals surface area contributed by atoms with Crippen LogP contribution in [-0.4, -0.2) is 37.7 Å². The lowest BCUT2D eigenvalue weighted by Gasteiger charge is -2.28. The minimum Gasteiger partial charge on any atom is -0.351 e. The SMILES string of the molecule is CC(C)(C)OC1CC(c2c[nH]c3ncccc23)=CC(c2cn[nH]c2)=N1. The number of pyridine rings is 1. The van der Waals surface area contributed by atoms with Crippen LogP contribution in [0.4, 0.5) is 0 Å². The van der Waals surface area contributed by atoms with E-state index in [-0.39, 0.29) is 11.8 Å². The van der Waals surface area contributed by atoms with E-state index in [2.05, 4.69) is 32.3 Å². The van der Waals surface area contributed by atoms with Gasteiger partial charge >= 0.3 is 0 Å². The lowest BCUT2D eigenvalue weighted by molar-refractivity contribution is -0.0530. The second kappa shape index (κ2) is 5.97. The summed E-state index contributed by atoms with van der Waals surface area (Å²) in [7, 11) is 0. The lowest BCUT2D eigenvalue weighted by atomic mass is 9.96. The molecule has 6 nitrogen and oxygen atoms in total. The van der Waals surface area contributed by atoms with E-state index in [1.54, 1.807) is 12.4 Å². The number of ether oxygens (including phenoxy) is 1. The van der Waals surface area contributed by atoms with Gasteiger partial charge in [0, 0.05) is 41.5 Å². The van der Waals surface area contributed by atoms with E-state index in [1.807, 2.05) is 39.2 Å². The van der Waals surface area contributed by atoms with Gasteiger partial charge in [-0.3, -0.25) is 10.1 Å². The summed E-state index contributed by atoms with van der Waals surface area (Å²) in [6.07, 6.45) is 10.0. The quantitative estimate of drug-likeness (QED) is 0.766. The first-order valence-electron chi connectivity index (χ1n) is 8.37. The number of aromatic amines is 2. The molecule has 1 aliphatic rings. The minimum absolute atomic E-state index is 0.230. The van der Waals surface area contributed by atoms with Crippen LogP contribution in [0.25, 0.3) is 16.6 Å². The van der Waals surface area contributed by atoms with Gasteiger partial charge in [0.1, 0.15) is 5.65 Å². The Labute approximate surface area is 146 Å². The van der Waals surface area contributed by atoms with Crippen molar-refractivity contribution in [2.45, 2.75) is 39.0 Å². The van der Waals surface area contributed by atoms with Crippen LogP contribution in [0, 0.1) is 0 Å². The lowest BCUT2D eigenvalue weighted by Crippen LogP contribution is -2.28. The Morgan fingerprint density at radius 3 is 2.88 bits per heavy atom. The molecule has 128 valence electrons. The molecule has 3 aromatic heterocycles. The molecule has 4 heterocycles. The van der Waals surface area contributed by atoms with Crippen LogP contribution in [0.3, 0.4) is 0 Å². The van der Waals surface area contributed by atoms with E-state index in [4.69, 9.17) is 9.73 Å². The normalized spacial score (nSPS) is 18.3. The van der Waals surface area contributed by atoms with Gasteiger partial charge in [-0.15, -0.1) is 0 Å². The minimum atomic E-state index is -0.264. The van der Waals surface area contributed by atoms with Gasteiger partial charge in [-0.2, -0.15) is 5.10 Å². The maximum Gasteiger partial charge on any atom is 0.153 e. The van der Waals surface area contributed by atoms with Gasteiger partial charge in [0.25, 0.3) is 0 Å². The number of aliphatic imine (C=N–C) groups is 1. The largest absolute Gasteiger partial charge is 0.351 e. The molecule has 1 unspecified atom stereocenters. The molecule has 0 spiro atoms. The molecule has 3 aromatic rings. The molecule has 6 heteroatoms. The summed E-state index contributed by atoms with van der Waals surface area (Å²) < 4.78 is 6.16. The monoisotopic (exact) mass is 335 g/mol. The predicted octanol–water partition coefficient (Wildman–Crippen LogP) is 3.70. The van der Waals surface area contributed by atoms with Crippen molar-refractivity contribution in [3.8, 4) is 0 Å². The van der Waals surface area contributed by atoms with Crippen molar-refractivity contribution in [3.63, 3.8) is 0 Å². The molecule has 0 aliphatic carbocycles. The van der Waals surface area contributed by atoms with Crippen LogP contribution in [-0.2, 0) is 4.74 Å². The van der Waals surface area contributed by atoms with Crippen LogP contribution in [0.2, 0.25) is 0 Å². The molecule has 0 bridgehead atoms. The second-order valence-corrected chi connectivity index (χ2v) is 7.16. The van der Waals surface area contributed by atoms with Crippen molar-refractivity contribution in [3.05, 3.63) is 54.1 Å². The Bertz CT molecular complexity index is 944. The Balaban J connectivity index is 1.77. The number of hydrogen-bond donors (Lipinski definition) is 2. The number of aromatic nitrogens is 4. The zero-order valence-electron chi connectivity index (χ0n) is 14.6. The third-order valence-electron chi connectivity index (χ3n) is 4.07. The fourth-order valence-electron chi connectivity index (χ4n) is 3.08. The van der Waals surface area contributed by atoms with E-state index < -0.39 is 0 Å². The highest BCUT2D eigenvalue weighted by Gasteiger charge is 2.25. The van der Waals surface area contributed by atoms with E-state index >= 15 is 0 Å². The van der Waals surface area contributed by atoms with Gasteiger partial charge in [0.05, 0.1) is 17.5 Å². The van der Waals surface area contributed by atoms with Gasteiger partial charge < -0.3 is 9.72 Å². The first-order chi connectivity index (χ1) is 12.0. The molecular formula is C19H21N5O. The first-order valence-corrected chi connectivity index (χ1v) is 8.37. The van der Waals surface area contributed by atoms with E-state index in [0.717, 1.165) is 34.3 Å². The fraction of sp³-hybridized carbons (Fsp3) is 0.316. The molecule has 0 saturated heterocycles. The summed E-state index contributed by atoms with van der Waals surface area (Å²) in [6, 6.07) is 4.04. The summed E-state index contributed by atoms with van der Waals surface area (Å²) in [6.45, 7) is 6.15. The van der Waals surface area contributed by atoms with Crippen LogP contribution in [0.15, 0.2) is 48.0 Å². The van der Waals surface area contributed by atoms with Crippen molar-refractivity contribution < 1.29 is 4.74 Å². The summed E-state index contributed by atoms with van der Waals surface area (Å²) in [4.78, 5) is 12.4. The number of nitrogens with zero attached hydrogens (tertiary/aromatic N) is 3. The van der Waals surface area contributed by atoms with Crippen LogP contribution < -0.4 is 0 Å². The maximum absolute atomic E-state index is 6.16. The molecule has 0 aromatic carbocycles. The molecular weight excluding hydrogens is 314 g/mol. The average molecular weight is 335 g/mol. The van der Waals surface area contributed by atoms with Crippen LogP contribution in [0.5, 0.6) is 0 Å². The number of dihydropyridines is 1. The van der Waals surface area contributed by atoms with E-state index in [9.17, 15) is 0 Å². The third kappa shape index (κ3) is 3.25. The Morgan fingerprint density at radius 1 is 1.24 bits per heavy atom. The van der Waals surface area contributed by atoms with Crippen molar-refractivity contribution in [2.24, 2.45) is 4.99 Å². The number of rotatable bonds is 3. The Kier molecular flexibility index (Phi) is 3.77. The fourth-order valence-corrected chi connectivity index (χ4v) is 3.08. The molecule has 1 aliphatic heterocycles. The highest BCUT2D eigenvalue weighted by Crippen LogP contribution is 2.32. The number of nitrogens with one attached hydrogen (secondary N) is 2. The van der Waals surface area contributed by atoms with Crippen molar-refractivity contribution in [1.82, 2.24) is 20.2 Å². The average Bonchev–Trinajstić information content (AvgIpc) is 3.23. The van der Waals surface area contributed by atoms with Gasteiger partial charge in [0.2, 0.25) is 0 Å². The zero-order valence-corrected chi connectivity index (χ0v) is 14.6. The smallest absolute Gasteiger partial charge is 0.153 e. The number of H-pyrrole nitrogens is 2. The highest BCUT2D eigenvalue weighted by atomic mass is 16.5. The summed E-state index contributed by atoms with van der Waals surface area (Å²) in [5.41, 5.74) is 4.78. The first kappa shape index (κ1) is 15.8. The summed E-state index contributed by atoms with van der Waals surface area (Å²) in [5, 5.41) is 8.00. The third-order valence-corrected chi connectivity index (χ3v) is 4.07. The molecule has 25 heavy (non-hydrogen) atoms. The van der Waals surface area contributed by atoms with Gasteiger partial charge in [0.15, 0.2) is 6.23 Å². The molecule has 0 radical (unpaired) electrons. The summed E-state index contributed by atoms with van der Waals surface area (Å²) in [5.74, 6) is 0. The molecule has 4 rings (SSSR count). The van der Waals surface area contributed by atoms with Gasteiger partial charge in [-0.1, -0.05) is 0 Å². The highest BCUT2D eigenvalue weighted by molar-refractivity contribution is 6.14. The standard InChI is InChI=1S/C19H21N5O/c1-19(2,3)25-17-8-12(7-16(24-17)13-9-22-23-10-13)15-11-21-18-14(15)5-4-6-20-18/h4-7,9-11,17H,8H2,1-3H3,(H,20,21)(H,22,23). The van der Waals surface area contributed by atoms with E-state index in [1.165, 1.54) is 5.57 Å². The number of allylic oxidation sites excluding steroid dienone is 1. The Hall–Kier alpha value is -2.73. The molecule has 2 N–H and O–H groups in total. The molecule has 0 saturated carbocycles. The van der Waals surface area contributed by atoms with Crippen molar-refractivity contribution in [2.75, 3.05) is 0 Å². The van der Waals surface area contributed by atoms with Gasteiger partial charge in [-0.25, -0.2) is 4.98 Å². The zero-order chi connectivity index (χ0) is 17.4. The second-order valence-electron chi connectivity index (χ2n) is 7.16. The number of fused-ring (bicyclic) bond motifs is 1. The Morgan fingerprint density at radius 2 is 2.12 bits per heavy atom. The van der Waals surface area contributed by atoms with Gasteiger partial charge in [-0.05, 0) is 44.6 Å². The maximum atomic E-state index is 6.16. The van der Waals surface area contributed by atoms with Crippen molar-refractivity contribution >= 4 is 22.3 Å². The van der Waals surface area contributed by atoms with Crippen LogP contribution in [0.1, 0.15) is 38.3 Å². The molecule has 0 fully saturated rings. The topological polar surface area (TPSA) is 79.0 Å². The molecule has 1 atom stereocenters. The van der Waals surface area contributed by atoms with Crippen LogP contribution >= 0.6 is 0 Å².